The Morgan fingerprint density at radius 2 is 1.95 bits per heavy atom. The molecule has 0 aromatic heterocycles. The first-order valence-corrected chi connectivity index (χ1v) is 7.17. The van der Waals surface area contributed by atoms with Gasteiger partial charge in [-0.2, -0.15) is 0 Å². The van der Waals surface area contributed by atoms with Crippen LogP contribution in [0.5, 0.6) is 17.2 Å². The Kier molecular flexibility index (Phi) is 5.27. The highest BCUT2D eigenvalue weighted by Crippen LogP contribution is 2.37. The fourth-order valence-corrected chi connectivity index (χ4v) is 2.23. The van der Waals surface area contributed by atoms with Crippen molar-refractivity contribution < 1.29 is 19.0 Å². The molecule has 1 amide bonds. The number of nitrogens with one attached hydrogen (secondary N) is 1. The number of carbonyl (C=O) groups excluding carboxylic acids is 1. The summed E-state index contributed by atoms with van der Waals surface area (Å²) in [4.78, 5) is 14.5. The molecule has 0 fully saturated rings. The molecule has 2 rings (SSSR count). The summed E-state index contributed by atoms with van der Waals surface area (Å²) in [5, 5.41) is 2.91. The van der Waals surface area contributed by atoms with Crippen molar-refractivity contribution in [3.05, 3.63) is 17.7 Å². The van der Waals surface area contributed by atoms with E-state index in [9.17, 15) is 4.79 Å². The van der Waals surface area contributed by atoms with Gasteiger partial charge in [-0.25, -0.2) is 0 Å². The molecule has 6 nitrogen and oxygen atoms in total. The first kappa shape index (κ1) is 15.4. The molecule has 1 heterocycles. The van der Waals surface area contributed by atoms with Crippen LogP contribution >= 0.6 is 0 Å². The van der Waals surface area contributed by atoms with Crippen molar-refractivity contribution >= 4 is 5.91 Å². The Hall–Kier alpha value is -1.95. The SMILES string of the molecule is CCN(CC)CCNC(=O)c1cc2c(cc1OC)OCO2. The molecule has 0 saturated carbocycles. The van der Waals surface area contributed by atoms with Gasteiger partial charge in [-0.1, -0.05) is 13.8 Å². The summed E-state index contributed by atoms with van der Waals surface area (Å²) < 4.78 is 15.8. The number of likely N-dealkylation sites (N-methyl/N-ethyl adjacent to an activating group) is 1. The number of rotatable bonds is 7. The second kappa shape index (κ2) is 7.17. The van der Waals surface area contributed by atoms with Gasteiger partial charge in [0.2, 0.25) is 6.79 Å². The molecule has 6 heteroatoms. The van der Waals surface area contributed by atoms with E-state index in [1.807, 2.05) is 0 Å². The second-order valence-corrected chi connectivity index (χ2v) is 4.69. The fraction of sp³-hybridized carbons (Fsp3) is 0.533. The Morgan fingerprint density at radius 1 is 1.29 bits per heavy atom. The third kappa shape index (κ3) is 3.58. The molecule has 0 aliphatic carbocycles. The summed E-state index contributed by atoms with van der Waals surface area (Å²) in [5.41, 5.74) is 0.460. The Morgan fingerprint density at radius 3 is 2.57 bits per heavy atom. The molecule has 1 aliphatic heterocycles. The number of ether oxygens (including phenoxy) is 3. The van der Waals surface area contributed by atoms with Crippen LogP contribution in [-0.4, -0.2) is 50.9 Å². The van der Waals surface area contributed by atoms with E-state index in [0.29, 0.717) is 29.4 Å². The standard InChI is InChI=1S/C15H22N2O4/c1-4-17(5-2)7-6-16-15(18)11-8-13-14(21-10-20-13)9-12(11)19-3/h8-9H,4-7,10H2,1-3H3,(H,16,18). The molecule has 0 radical (unpaired) electrons. The summed E-state index contributed by atoms with van der Waals surface area (Å²) in [5.74, 6) is 1.49. The molecule has 116 valence electrons. The van der Waals surface area contributed by atoms with Gasteiger partial charge >= 0.3 is 0 Å². The number of methoxy groups -OCH3 is 1. The van der Waals surface area contributed by atoms with Crippen LogP contribution in [0, 0.1) is 0 Å². The number of benzene rings is 1. The lowest BCUT2D eigenvalue weighted by atomic mass is 10.1. The molecule has 1 aromatic carbocycles. The molecule has 0 unspecified atom stereocenters. The van der Waals surface area contributed by atoms with Gasteiger partial charge in [0, 0.05) is 25.2 Å². The van der Waals surface area contributed by atoms with Crippen molar-refractivity contribution in [2.24, 2.45) is 0 Å². The zero-order chi connectivity index (χ0) is 15.2. The maximum absolute atomic E-state index is 12.3. The Balaban J connectivity index is 2.02. The Labute approximate surface area is 125 Å². The zero-order valence-corrected chi connectivity index (χ0v) is 12.8. The fourth-order valence-electron chi connectivity index (χ4n) is 2.23. The van der Waals surface area contributed by atoms with Crippen LogP contribution in [0.3, 0.4) is 0 Å². The molecule has 1 N–H and O–H groups in total. The highest BCUT2D eigenvalue weighted by atomic mass is 16.7. The van der Waals surface area contributed by atoms with Gasteiger partial charge in [0.05, 0.1) is 12.7 Å². The number of fused-ring (bicyclic) bond motifs is 1. The summed E-state index contributed by atoms with van der Waals surface area (Å²) in [7, 11) is 1.53. The normalized spacial score (nSPS) is 12.6. The molecule has 21 heavy (non-hydrogen) atoms. The van der Waals surface area contributed by atoms with E-state index in [-0.39, 0.29) is 12.7 Å². The minimum absolute atomic E-state index is 0.169. The molecule has 0 spiro atoms. The van der Waals surface area contributed by atoms with Crippen molar-refractivity contribution in [2.75, 3.05) is 40.1 Å². The lowest BCUT2D eigenvalue weighted by Crippen LogP contribution is -2.34. The van der Waals surface area contributed by atoms with Crippen LogP contribution in [0.25, 0.3) is 0 Å². The van der Waals surface area contributed by atoms with Crippen molar-refractivity contribution in [3.63, 3.8) is 0 Å². The number of carbonyl (C=O) groups is 1. The van der Waals surface area contributed by atoms with E-state index in [4.69, 9.17) is 14.2 Å². The van der Waals surface area contributed by atoms with Crippen LogP contribution in [-0.2, 0) is 0 Å². The van der Waals surface area contributed by atoms with Crippen LogP contribution in [0.15, 0.2) is 12.1 Å². The quantitative estimate of drug-likeness (QED) is 0.825. The lowest BCUT2D eigenvalue weighted by Gasteiger charge is -2.18. The maximum atomic E-state index is 12.3. The third-order valence-corrected chi connectivity index (χ3v) is 3.55. The molecular formula is C15H22N2O4. The van der Waals surface area contributed by atoms with E-state index in [1.165, 1.54) is 7.11 Å². The van der Waals surface area contributed by atoms with Gasteiger partial charge in [0.25, 0.3) is 5.91 Å². The van der Waals surface area contributed by atoms with Gasteiger partial charge < -0.3 is 24.4 Å². The van der Waals surface area contributed by atoms with Crippen molar-refractivity contribution in [1.82, 2.24) is 10.2 Å². The summed E-state index contributed by atoms with van der Waals surface area (Å²) in [6, 6.07) is 3.34. The molecule has 1 aromatic rings. The number of amides is 1. The van der Waals surface area contributed by atoms with Crippen molar-refractivity contribution in [1.29, 1.82) is 0 Å². The topological polar surface area (TPSA) is 60.0 Å². The highest BCUT2D eigenvalue weighted by molar-refractivity contribution is 5.97. The minimum Gasteiger partial charge on any atom is -0.496 e. The summed E-state index contributed by atoms with van der Waals surface area (Å²) in [6.45, 7) is 7.74. The number of nitrogens with zero attached hydrogens (tertiary/aromatic N) is 1. The minimum atomic E-state index is -0.169. The average molecular weight is 294 g/mol. The molecule has 0 saturated heterocycles. The molecular weight excluding hydrogens is 272 g/mol. The Bertz CT molecular complexity index is 501. The van der Waals surface area contributed by atoms with Gasteiger partial charge in [0.15, 0.2) is 11.5 Å². The zero-order valence-electron chi connectivity index (χ0n) is 12.8. The van der Waals surface area contributed by atoms with Crippen LogP contribution in [0.1, 0.15) is 24.2 Å². The predicted octanol–water partition coefficient (Wildman–Crippen LogP) is 1.50. The van der Waals surface area contributed by atoms with Crippen molar-refractivity contribution in [3.8, 4) is 17.2 Å². The first-order chi connectivity index (χ1) is 10.2. The van der Waals surface area contributed by atoms with E-state index in [2.05, 4.69) is 24.1 Å². The highest BCUT2D eigenvalue weighted by Gasteiger charge is 2.21. The van der Waals surface area contributed by atoms with E-state index < -0.39 is 0 Å². The number of hydrogen-bond acceptors (Lipinski definition) is 5. The van der Waals surface area contributed by atoms with E-state index in [0.717, 1.165) is 19.6 Å². The molecule has 0 bridgehead atoms. The largest absolute Gasteiger partial charge is 0.496 e. The van der Waals surface area contributed by atoms with Gasteiger partial charge in [-0.15, -0.1) is 0 Å². The molecule has 0 atom stereocenters. The van der Waals surface area contributed by atoms with Crippen molar-refractivity contribution in [2.45, 2.75) is 13.8 Å². The van der Waals surface area contributed by atoms with Crippen LogP contribution in [0.4, 0.5) is 0 Å². The number of hydrogen-bond donors (Lipinski definition) is 1. The van der Waals surface area contributed by atoms with Gasteiger partial charge in [-0.05, 0) is 13.1 Å². The van der Waals surface area contributed by atoms with Crippen LogP contribution in [0.2, 0.25) is 0 Å². The maximum Gasteiger partial charge on any atom is 0.255 e. The molecule has 1 aliphatic rings. The first-order valence-electron chi connectivity index (χ1n) is 7.17. The lowest BCUT2D eigenvalue weighted by molar-refractivity contribution is 0.0945. The van der Waals surface area contributed by atoms with E-state index in [1.54, 1.807) is 12.1 Å². The summed E-state index contributed by atoms with van der Waals surface area (Å²) in [6.07, 6.45) is 0. The van der Waals surface area contributed by atoms with E-state index >= 15 is 0 Å². The monoisotopic (exact) mass is 294 g/mol. The average Bonchev–Trinajstić information content (AvgIpc) is 2.97. The van der Waals surface area contributed by atoms with Gasteiger partial charge in [-0.3, -0.25) is 4.79 Å². The summed E-state index contributed by atoms with van der Waals surface area (Å²) >= 11 is 0. The van der Waals surface area contributed by atoms with Gasteiger partial charge in [0.1, 0.15) is 5.75 Å². The third-order valence-electron chi connectivity index (χ3n) is 3.55. The smallest absolute Gasteiger partial charge is 0.255 e. The predicted molar refractivity (Wildman–Crippen MR) is 79.2 cm³/mol. The second-order valence-electron chi connectivity index (χ2n) is 4.69. The van der Waals surface area contributed by atoms with Crippen LogP contribution < -0.4 is 19.5 Å².